The molecule has 0 radical (unpaired) electrons. The molecule has 4 rings (SSSR count). The van der Waals surface area contributed by atoms with Crippen molar-refractivity contribution in [3.05, 3.63) is 81.3 Å². The van der Waals surface area contributed by atoms with Crippen LogP contribution in [-0.4, -0.2) is 44.2 Å². The third kappa shape index (κ3) is 4.32. The molecule has 1 aromatic carbocycles. The van der Waals surface area contributed by atoms with Gasteiger partial charge in [-0.05, 0) is 53.8 Å². The molecule has 32 heavy (non-hydrogen) atoms. The Morgan fingerprint density at radius 1 is 1.19 bits per heavy atom. The first-order valence-corrected chi connectivity index (χ1v) is 10.4. The van der Waals surface area contributed by atoms with Crippen LogP contribution in [0.5, 0.6) is 0 Å². The molecule has 0 saturated heterocycles. The summed E-state index contributed by atoms with van der Waals surface area (Å²) in [6.45, 7) is 2.59. The summed E-state index contributed by atoms with van der Waals surface area (Å²) in [5, 5.41) is 6.95. The fraction of sp³-hybridized carbons (Fsp3) is 0.304. The van der Waals surface area contributed by atoms with Crippen LogP contribution in [-0.2, 0) is 31.2 Å². The summed E-state index contributed by atoms with van der Waals surface area (Å²) in [6.07, 6.45) is 6.24. The number of hydrogen-bond donors (Lipinski definition) is 1. The van der Waals surface area contributed by atoms with E-state index >= 15 is 0 Å². The molecule has 8 nitrogen and oxygen atoms in total. The molecule has 2 amide bonds. The SMILES string of the molecule is CC(=O)N1CCc2c(cn(-c3ccc(F)cc3)c(=O)c2C(=O)NCCc2cnn(C)c2)C1. The van der Waals surface area contributed by atoms with Crippen LogP contribution in [0.4, 0.5) is 4.39 Å². The van der Waals surface area contributed by atoms with Crippen molar-refractivity contribution in [1.29, 1.82) is 0 Å². The fourth-order valence-electron chi connectivity index (χ4n) is 3.96. The maximum atomic E-state index is 13.4. The number of nitrogens with zero attached hydrogens (tertiary/aromatic N) is 4. The van der Waals surface area contributed by atoms with Gasteiger partial charge >= 0.3 is 0 Å². The third-order valence-corrected chi connectivity index (χ3v) is 5.63. The second-order valence-corrected chi connectivity index (χ2v) is 7.88. The Labute approximate surface area is 184 Å². The van der Waals surface area contributed by atoms with Crippen molar-refractivity contribution >= 4 is 11.8 Å². The summed E-state index contributed by atoms with van der Waals surface area (Å²) in [5.41, 5.74) is 2.41. The van der Waals surface area contributed by atoms with Gasteiger partial charge in [-0.2, -0.15) is 5.10 Å². The average Bonchev–Trinajstić information content (AvgIpc) is 3.18. The Morgan fingerprint density at radius 3 is 2.59 bits per heavy atom. The van der Waals surface area contributed by atoms with Crippen molar-refractivity contribution in [2.24, 2.45) is 7.05 Å². The van der Waals surface area contributed by atoms with Gasteiger partial charge in [-0.15, -0.1) is 0 Å². The van der Waals surface area contributed by atoms with Crippen LogP contribution in [0, 0.1) is 5.82 Å². The molecule has 0 bridgehead atoms. The fourth-order valence-corrected chi connectivity index (χ4v) is 3.96. The molecule has 0 unspecified atom stereocenters. The van der Waals surface area contributed by atoms with Gasteiger partial charge in [-0.25, -0.2) is 4.39 Å². The number of fused-ring (bicyclic) bond motifs is 1. The van der Waals surface area contributed by atoms with E-state index in [2.05, 4.69) is 10.4 Å². The standard InChI is InChI=1S/C23H24FN5O3/c1-15(30)28-10-8-20-17(13-28)14-29(19-5-3-18(24)4-6-19)23(32)21(20)22(31)25-9-7-16-11-26-27(2)12-16/h3-6,11-12,14H,7-10,13H2,1-2H3,(H,25,31). The molecule has 1 aliphatic heterocycles. The second kappa shape index (κ2) is 8.78. The predicted molar refractivity (Wildman–Crippen MR) is 116 cm³/mol. The highest BCUT2D eigenvalue weighted by Gasteiger charge is 2.27. The Bertz CT molecular complexity index is 1230. The van der Waals surface area contributed by atoms with E-state index < -0.39 is 17.3 Å². The molecule has 0 fully saturated rings. The van der Waals surface area contributed by atoms with E-state index in [0.29, 0.717) is 43.7 Å². The van der Waals surface area contributed by atoms with Crippen molar-refractivity contribution in [3.63, 3.8) is 0 Å². The minimum atomic E-state index is -0.467. The lowest BCUT2D eigenvalue weighted by molar-refractivity contribution is -0.129. The number of carbonyl (C=O) groups excluding carboxylic acids is 2. The molecular formula is C23H24FN5O3. The highest BCUT2D eigenvalue weighted by molar-refractivity contribution is 5.96. The first-order chi connectivity index (χ1) is 15.3. The molecule has 166 valence electrons. The molecule has 3 heterocycles. The van der Waals surface area contributed by atoms with Crippen LogP contribution in [0.1, 0.15) is 34.0 Å². The molecule has 3 aromatic rings. The van der Waals surface area contributed by atoms with Crippen LogP contribution >= 0.6 is 0 Å². The lowest BCUT2D eigenvalue weighted by Crippen LogP contribution is -2.40. The van der Waals surface area contributed by atoms with Gasteiger partial charge in [0, 0.05) is 51.7 Å². The highest BCUT2D eigenvalue weighted by Crippen LogP contribution is 2.22. The monoisotopic (exact) mass is 437 g/mol. The number of aryl methyl sites for hydroxylation is 1. The summed E-state index contributed by atoms with van der Waals surface area (Å²) in [7, 11) is 1.82. The van der Waals surface area contributed by atoms with Gasteiger partial charge in [0.1, 0.15) is 11.4 Å². The number of hydrogen-bond acceptors (Lipinski definition) is 4. The number of benzene rings is 1. The van der Waals surface area contributed by atoms with E-state index in [1.807, 2.05) is 13.2 Å². The molecule has 2 aromatic heterocycles. The van der Waals surface area contributed by atoms with Gasteiger partial charge in [-0.3, -0.25) is 23.6 Å². The largest absolute Gasteiger partial charge is 0.352 e. The summed E-state index contributed by atoms with van der Waals surface area (Å²) in [5.74, 6) is -0.948. The van der Waals surface area contributed by atoms with Gasteiger partial charge in [-0.1, -0.05) is 0 Å². The number of halogens is 1. The number of carbonyl (C=O) groups is 2. The number of aromatic nitrogens is 3. The number of nitrogens with one attached hydrogen (secondary N) is 1. The molecule has 0 spiro atoms. The lowest BCUT2D eigenvalue weighted by Gasteiger charge is -2.29. The second-order valence-electron chi connectivity index (χ2n) is 7.88. The average molecular weight is 437 g/mol. The van der Waals surface area contributed by atoms with Crippen molar-refractivity contribution < 1.29 is 14.0 Å². The summed E-state index contributed by atoms with van der Waals surface area (Å²) in [4.78, 5) is 40.0. The predicted octanol–water partition coefficient (Wildman–Crippen LogP) is 1.59. The highest BCUT2D eigenvalue weighted by atomic mass is 19.1. The first kappa shape index (κ1) is 21.5. The summed E-state index contributed by atoms with van der Waals surface area (Å²) < 4.78 is 16.4. The summed E-state index contributed by atoms with van der Waals surface area (Å²) in [6, 6.07) is 5.49. The van der Waals surface area contributed by atoms with E-state index in [9.17, 15) is 18.8 Å². The normalized spacial score (nSPS) is 13.0. The molecule has 0 saturated carbocycles. The summed E-state index contributed by atoms with van der Waals surface area (Å²) >= 11 is 0. The Balaban J connectivity index is 1.69. The van der Waals surface area contributed by atoms with Crippen LogP contribution in [0.15, 0.2) is 47.7 Å². The maximum Gasteiger partial charge on any atom is 0.268 e. The third-order valence-electron chi connectivity index (χ3n) is 5.63. The van der Waals surface area contributed by atoms with Crippen LogP contribution < -0.4 is 10.9 Å². The zero-order chi connectivity index (χ0) is 22.8. The van der Waals surface area contributed by atoms with E-state index in [4.69, 9.17) is 0 Å². The first-order valence-electron chi connectivity index (χ1n) is 10.4. The quantitative estimate of drug-likeness (QED) is 0.657. The van der Waals surface area contributed by atoms with Crippen molar-refractivity contribution in [1.82, 2.24) is 24.6 Å². The number of pyridine rings is 1. The minimum Gasteiger partial charge on any atom is -0.352 e. The van der Waals surface area contributed by atoms with Gasteiger partial charge in [0.25, 0.3) is 11.5 Å². The number of rotatable bonds is 5. The molecule has 9 heteroatoms. The van der Waals surface area contributed by atoms with Crippen molar-refractivity contribution in [3.8, 4) is 5.69 Å². The Hall–Kier alpha value is -3.75. The van der Waals surface area contributed by atoms with E-state index in [-0.39, 0.29) is 11.5 Å². The lowest BCUT2D eigenvalue weighted by atomic mass is 9.95. The molecule has 1 N–H and O–H groups in total. The van der Waals surface area contributed by atoms with Crippen molar-refractivity contribution in [2.45, 2.75) is 26.3 Å². The molecule has 0 aliphatic carbocycles. The zero-order valence-electron chi connectivity index (χ0n) is 18.0. The smallest absolute Gasteiger partial charge is 0.268 e. The van der Waals surface area contributed by atoms with E-state index in [0.717, 1.165) is 11.1 Å². The maximum absolute atomic E-state index is 13.4. The molecular weight excluding hydrogens is 413 g/mol. The topological polar surface area (TPSA) is 89.2 Å². The van der Waals surface area contributed by atoms with E-state index in [1.54, 1.807) is 22.0 Å². The van der Waals surface area contributed by atoms with Crippen molar-refractivity contribution in [2.75, 3.05) is 13.1 Å². The van der Waals surface area contributed by atoms with E-state index in [1.165, 1.54) is 35.8 Å². The van der Waals surface area contributed by atoms with Gasteiger partial charge in [0.15, 0.2) is 0 Å². The minimum absolute atomic E-state index is 0.0706. The van der Waals surface area contributed by atoms with Crippen LogP contribution in [0.2, 0.25) is 0 Å². The van der Waals surface area contributed by atoms with Gasteiger partial charge in [0.2, 0.25) is 5.91 Å². The molecule has 0 atom stereocenters. The van der Waals surface area contributed by atoms with Gasteiger partial charge < -0.3 is 10.2 Å². The molecule has 1 aliphatic rings. The Kier molecular flexibility index (Phi) is 5.89. The zero-order valence-corrected chi connectivity index (χ0v) is 18.0. The Morgan fingerprint density at radius 2 is 1.94 bits per heavy atom. The van der Waals surface area contributed by atoms with Crippen LogP contribution in [0.3, 0.4) is 0 Å². The number of amides is 2. The van der Waals surface area contributed by atoms with Gasteiger partial charge in [0.05, 0.1) is 6.20 Å². The van der Waals surface area contributed by atoms with Crippen LogP contribution in [0.25, 0.3) is 5.69 Å².